The topological polar surface area (TPSA) is 137 Å². The van der Waals surface area contributed by atoms with E-state index in [-0.39, 0.29) is 36.7 Å². The number of rotatable bonds is 14. The van der Waals surface area contributed by atoms with Gasteiger partial charge in [0.2, 0.25) is 17.7 Å². The minimum Gasteiger partial charge on any atom is -0.445 e. The van der Waals surface area contributed by atoms with E-state index in [1.807, 2.05) is 86.6 Å². The molecule has 2 atom stereocenters. The molecule has 11 nitrogen and oxygen atoms in total. The van der Waals surface area contributed by atoms with Crippen LogP contribution in [0, 0.1) is 5.92 Å². The lowest BCUT2D eigenvalue weighted by Crippen LogP contribution is -2.59. The zero-order chi connectivity index (χ0) is 34.5. The molecule has 3 aromatic rings. The van der Waals surface area contributed by atoms with Crippen molar-refractivity contribution in [2.24, 2.45) is 5.92 Å². The third-order valence-electron chi connectivity index (χ3n) is 8.35. The smallest absolute Gasteiger partial charge is 0.408 e. The van der Waals surface area contributed by atoms with E-state index >= 15 is 0 Å². The molecule has 0 aliphatic carbocycles. The van der Waals surface area contributed by atoms with E-state index in [1.54, 1.807) is 9.80 Å². The number of fused-ring (bicyclic) bond motifs is 1. The molecule has 0 radical (unpaired) electrons. The summed E-state index contributed by atoms with van der Waals surface area (Å²) in [5.41, 5.74) is 1.43. The van der Waals surface area contributed by atoms with Crippen LogP contribution in [0.4, 0.5) is 4.79 Å². The lowest BCUT2D eigenvalue weighted by molar-refractivity contribution is -0.139. The number of alkyl carbamates (subject to hydrolysis) is 1. The molecule has 0 unspecified atom stereocenters. The SMILES string of the molecule is C=CC(=O)NCCCC[C@H](NC(=O)OCc1ccccc1)C(=O)N[C@H](C(=O)N1CCN(C(=O)c2cccc3ccccc23)CC1)C(C)C. The van der Waals surface area contributed by atoms with Gasteiger partial charge in [0.05, 0.1) is 0 Å². The Bertz CT molecular complexity index is 1580. The summed E-state index contributed by atoms with van der Waals surface area (Å²) in [6.45, 7) is 8.96. The van der Waals surface area contributed by atoms with Crippen LogP contribution in [-0.4, -0.2) is 84.3 Å². The molecule has 254 valence electrons. The first kappa shape index (κ1) is 35.7. The van der Waals surface area contributed by atoms with Crippen molar-refractivity contribution in [3.63, 3.8) is 0 Å². The fraction of sp³-hybridized carbons (Fsp3) is 0.378. The van der Waals surface area contributed by atoms with Gasteiger partial charge in [-0.25, -0.2) is 4.79 Å². The van der Waals surface area contributed by atoms with Crippen molar-refractivity contribution in [3.05, 3.63) is 96.6 Å². The molecule has 0 spiro atoms. The number of ether oxygens (including phenoxy) is 1. The van der Waals surface area contributed by atoms with E-state index in [0.717, 1.165) is 16.3 Å². The number of hydrogen-bond donors (Lipinski definition) is 3. The van der Waals surface area contributed by atoms with Gasteiger partial charge in [0.15, 0.2) is 0 Å². The van der Waals surface area contributed by atoms with Crippen molar-refractivity contribution in [1.82, 2.24) is 25.8 Å². The Hall–Kier alpha value is -5.19. The summed E-state index contributed by atoms with van der Waals surface area (Å²) in [6.07, 6.45) is 1.79. The molecule has 5 amide bonds. The zero-order valence-corrected chi connectivity index (χ0v) is 27.7. The van der Waals surface area contributed by atoms with E-state index in [9.17, 15) is 24.0 Å². The number of amides is 5. The molecule has 48 heavy (non-hydrogen) atoms. The van der Waals surface area contributed by atoms with Crippen LogP contribution in [0.1, 0.15) is 49.0 Å². The molecule has 0 aromatic heterocycles. The minimum absolute atomic E-state index is 0.0384. The Labute approximate surface area is 281 Å². The van der Waals surface area contributed by atoms with Gasteiger partial charge >= 0.3 is 6.09 Å². The number of benzene rings is 3. The number of nitrogens with one attached hydrogen (secondary N) is 3. The van der Waals surface area contributed by atoms with E-state index in [0.29, 0.717) is 51.1 Å². The standard InChI is InChI=1S/C37H45N5O6/c1-4-32(43)38-20-11-10-19-31(39-37(47)48-25-27-13-6-5-7-14-27)34(44)40-33(26(2)3)36(46)42-23-21-41(22-24-42)35(45)30-18-12-16-28-15-8-9-17-29(28)30/h4-9,12-18,26,31,33H,1,10-11,19-25H2,2-3H3,(H,38,43)(H,39,47)(H,40,44)/t31-,33-/m0/s1. The third-order valence-corrected chi connectivity index (χ3v) is 8.35. The Balaban J connectivity index is 1.36. The second kappa shape index (κ2) is 17.7. The van der Waals surface area contributed by atoms with Crippen LogP contribution in [-0.2, 0) is 25.7 Å². The van der Waals surface area contributed by atoms with E-state index in [1.165, 1.54) is 6.08 Å². The normalized spacial score (nSPS) is 14.1. The second-order valence-electron chi connectivity index (χ2n) is 12.1. The molecule has 3 aromatic carbocycles. The third kappa shape index (κ3) is 9.90. The molecule has 1 aliphatic heterocycles. The lowest BCUT2D eigenvalue weighted by Gasteiger charge is -2.37. The summed E-state index contributed by atoms with van der Waals surface area (Å²) < 4.78 is 5.36. The average molecular weight is 656 g/mol. The molecule has 1 heterocycles. The Morgan fingerprint density at radius 1 is 0.833 bits per heavy atom. The van der Waals surface area contributed by atoms with Gasteiger partial charge in [-0.1, -0.05) is 87.2 Å². The molecule has 1 aliphatic rings. The predicted molar refractivity (Wildman–Crippen MR) is 184 cm³/mol. The largest absolute Gasteiger partial charge is 0.445 e. The summed E-state index contributed by atoms with van der Waals surface area (Å²) in [5, 5.41) is 10.1. The lowest BCUT2D eigenvalue weighted by atomic mass is 10.0. The maximum Gasteiger partial charge on any atom is 0.408 e. The van der Waals surface area contributed by atoms with Gasteiger partial charge in [0.1, 0.15) is 18.7 Å². The number of nitrogens with zero attached hydrogens (tertiary/aromatic N) is 2. The minimum atomic E-state index is -0.965. The summed E-state index contributed by atoms with van der Waals surface area (Å²) in [4.78, 5) is 68.4. The summed E-state index contributed by atoms with van der Waals surface area (Å²) in [7, 11) is 0. The Kier molecular flexibility index (Phi) is 13.1. The average Bonchev–Trinajstić information content (AvgIpc) is 3.11. The van der Waals surface area contributed by atoms with Crippen molar-refractivity contribution >= 4 is 40.5 Å². The highest BCUT2D eigenvalue weighted by molar-refractivity contribution is 6.07. The Morgan fingerprint density at radius 3 is 2.21 bits per heavy atom. The van der Waals surface area contributed by atoms with Crippen molar-refractivity contribution in [1.29, 1.82) is 0 Å². The van der Waals surface area contributed by atoms with Gasteiger partial charge in [0, 0.05) is 38.3 Å². The molecule has 0 saturated carbocycles. The molecule has 1 fully saturated rings. The molecule has 0 bridgehead atoms. The van der Waals surface area contributed by atoms with Crippen LogP contribution >= 0.6 is 0 Å². The zero-order valence-electron chi connectivity index (χ0n) is 27.7. The molecular formula is C37H45N5O6. The van der Waals surface area contributed by atoms with Crippen LogP contribution < -0.4 is 16.0 Å². The molecule has 3 N–H and O–H groups in total. The van der Waals surface area contributed by atoms with Crippen molar-refractivity contribution in [3.8, 4) is 0 Å². The Morgan fingerprint density at radius 2 is 1.50 bits per heavy atom. The fourth-order valence-electron chi connectivity index (χ4n) is 5.61. The van der Waals surface area contributed by atoms with Crippen LogP contribution in [0.3, 0.4) is 0 Å². The maximum atomic E-state index is 13.7. The highest BCUT2D eigenvalue weighted by Crippen LogP contribution is 2.21. The van der Waals surface area contributed by atoms with Crippen LogP contribution in [0.25, 0.3) is 10.8 Å². The number of unbranched alkanes of at least 4 members (excludes halogenated alkanes) is 1. The fourth-order valence-corrected chi connectivity index (χ4v) is 5.61. The quantitative estimate of drug-likeness (QED) is 0.177. The predicted octanol–water partition coefficient (Wildman–Crippen LogP) is 4.03. The summed E-state index contributed by atoms with van der Waals surface area (Å²) in [5.74, 6) is -1.35. The highest BCUT2D eigenvalue weighted by atomic mass is 16.5. The van der Waals surface area contributed by atoms with Gasteiger partial charge in [-0.3, -0.25) is 19.2 Å². The van der Waals surface area contributed by atoms with Crippen LogP contribution in [0.15, 0.2) is 85.5 Å². The van der Waals surface area contributed by atoms with E-state index in [4.69, 9.17) is 4.74 Å². The van der Waals surface area contributed by atoms with Crippen molar-refractivity contribution in [2.45, 2.75) is 51.8 Å². The first-order valence-electron chi connectivity index (χ1n) is 16.4. The number of carbonyl (C=O) groups excluding carboxylic acids is 5. The van der Waals surface area contributed by atoms with Crippen molar-refractivity contribution in [2.75, 3.05) is 32.7 Å². The molecular weight excluding hydrogens is 610 g/mol. The van der Waals surface area contributed by atoms with Crippen molar-refractivity contribution < 1.29 is 28.7 Å². The number of piperazine rings is 1. The second-order valence-corrected chi connectivity index (χ2v) is 12.1. The molecule has 4 rings (SSSR count). The van der Waals surface area contributed by atoms with Gasteiger partial charge in [0.25, 0.3) is 5.91 Å². The van der Waals surface area contributed by atoms with Gasteiger partial charge in [-0.15, -0.1) is 0 Å². The number of hydrogen-bond acceptors (Lipinski definition) is 6. The van der Waals surface area contributed by atoms with Crippen LogP contribution in [0.5, 0.6) is 0 Å². The van der Waals surface area contributed by atoms with Gasteiger partial charge < -0.3 is 30.5 Å². The molecule has 11 heteroatoms. The van der Waals surface area contributed by atoms with E-state index < -0.39 is 24.1 Å². The summed E-state index contributed by atoms with van der Waals surface area (Å²) in [6, 6.07) is 20.8. The number of carbonyl (C=O) groups is 5. The van der Waals surface area contributed by atoms with Gasteiger partial charge in [-0.05, 0) is 53.7 Å². The highest BCUT2D eigenvalue weighted by Gasteiger charge is 2.34. The van der Waals surface area contributed by atoms with E-state index in [2.05, 4.69) is 22.5 Å². The summed E-state index contributed by atoms with van der Waals surface area (Å²) >= 11 is 0. The molecule has 1 saturated heterocycles. The van der Waals surface area contributed by atoms with Crippen LogP contribution in [0.2, 0.25) is 0 Å². The maximum absolute atomic E-state index is 13.7. The first-order chi connectivity index (χ1) is 23.2. The van der Waals surface area contributed by atoms with Gasteiger partial charge in [-0.2, -0.15) is 0 Å². The first-order valence-corrected chi connectivity index (χ1v) is 16.4. The monoisotopic (exact) mass is 655 g/mol.